The number of ether oxygens (including phenoxy) is 4. The first-order valence-corrected chi connectivity index (χ1v) is 11.1. The Balaban J connectivity index is 1.62. The lowest BCUT2D eigenvalue weighted by atomic mass is 10.2. The van der Waals surface area contributed by atoms with E-state index in [-0.39, 0.29) is 12.1 Å². The quantitative estimate of drug-likeness (QED) is 0.496. The normalized spacial score (nSPS) is 14.5. The number of halogens is 1. The average molecular weight is 475 g/mol. The number of rotatable bonds is 9. The standard InChI is InChI=1S/C22H27ClN6O4/c1-14(2)33-18-11-15(32-9-6-29-4-7-31-8-5-29)10-17-19(18)21(26-13-25-17)27-20-16(23)12-24-22(28-20)30-3/h10-14H,4-9H2,1-3H3,(H,24,25,26,27,28). The number of aromatic nitrogens is 4. The van der Waals surface area contributed by atoms with Gasteiger partial charge in [0.2, 0.25) is 0 Å². The second kappa shape index (κ2) is 10.8. The first kappa shape index (κ1) is 23.2. The minimum atomic E-state index is -0.0624. The molecule has 3 heterocycles. The van der Waals surface area contributed by atoms with Crippen molar-refractivity contribution in [1.29, 1.82) is 0 Å². The summed E-state index contributed by atoms with van der Waals surface area (Å²) >= 11 is 6.28. The van der Waals surface area contributed by atoms with Crippen LogP contribution in [0.15, 0.2) is 24.7 Å². The number of nitrogens with zero attached hydrogens (tertiary/aromatic N) is 5. The molecule has 1 fully saturated rings. The molecule has 33 heavy (non-hydrogen) atoms. The van der Waals surface area contributed by atoms with Crippen LogP contribution in [0.2, 0.25) is 5.02 Å². The highest BCUT2D eigenvalue weighted by Gasteiger charge is 2.17. The van der Waals surface area contributed by atoms with Gasteiger partial charge in [0.15, 0.2) is 5.82 Å². The van der Waals surface area contributed by atoms with Crippen LogP contribution in [0.3, 0.4) is 0 Å². The number of methoxy groups -OCH3 is 1. The molecule has 11 heteroatoms. The van der Waals surface area contributed by atoms with Crippen molar-refractivity contribution in [3.63, 3.8) is 0 Å². The predicted molar refractivity (Wildman–Crippen MR) is 125 cm³/mol. The number of fused-ring (bicyclic) bond motifs is 1. The molecule has 0 unspecified atom stereocenters. The first-order valence-electron chi connectivity index (χ1n) is 10.8. The Hall–Kier alpha value is -2.95. The molecule has 1 aromatic carbocycles. The van der Waals surface area contributed by atoms with E-state index in [1.165, 1.54) is 19.6 Å². The summed E-state index contributed by atoms with van der Waals surface area (Å²) in [4.78, 5) is 19.4. The third-order valence-electron chi connectivity index (χ3n) is 4.96. The fraction of sp³-hybridized carbons (Fsp3) is 0.455. The largest absolute Gasteiger partial charge is 0.492 e. The third kappa shape index (κ3) is 5.89. The molecule has 0 atom stereocenters. The van der Waals surface area contributed by atoms with E-state index in [9.17, 15) is 0 Å². The topological polar surface area (TPSA) is 104 Å². The zero-order valence-electron chi connectivity index (χ0n) is 18.9. The number of benzene rings is 1. The number of hydrogen-bond donors (Lipinski definition) is 1. The maximum Gasteiger partial charge on any atom is 0.318 e. The summed E-state index contributed by atoms with van der Waals surface area (Å²) in [7, 11) is 1.49. The highest BCUT2D eigenvalue weighted by atomic mass is 35.5. The van der Waals surface area contributed by atoms with Crippen LogP contribution in [0.5, 0.6) is 17.5 Å². The van der Waals surface area contributed by atoms with Crippen LogP contribution < -0.4 is 19.5 Å². The lowest BCUT2D eigenvalue weighted by Crippen LogP contribution is -2.38. The summed E-state index contributed by atoms with van der Waals surface area (Å²) in [5, 5.41) is 4.18. The van der Waals surface area contributed by atoms with Gasteiger partial charge in [0.1, 0.15) is 35.3 Å². The molecule has 4 rings (SSSR count). The Labute approximate surface area is 197 Å². The Bertz CT molecular complexity index is 1090. The van der Waals surface area contributed by atoms with Crippen molar-refractivity contribution in [2.45, 2.75) is 20.0 Å². The van der Waals surface area contributed by atoms with E-state index in [1.54, 1.807) is 0 Å². The van der Waals surface area contributed by atoms with Gasteiger partial charge in [-0.05, 0) is 13.8 Å². The van der Waals surface area contributed by atoms with Gasteiger partial charge in [-0.3, -0.25) is 4.90 Å². The molecule has 0 aliphatic carbocycles. The first-order chi connectivity index (χ1) is 16.0. The monoisotopic (exact) mass is 474 g/mol. The van der Waals surface area contributed by atoms with Gasteiger partial charge in [0, 0.05) is 31.8 Å². The molecule has 0 bridgehead atoms. The highest BCUT2D eigenvalue weighted by molar-refractivity contribution is 6.33. The van der Waals surface area contributed by atoms with E-state index in [0.717, 1.165) is 32.8 Å². The van der Waals surface area contributed by atoms with Crippen LogP contribution in [0.1, 0.15) is 13.8 Å². The zero-order valence-corrected chi connectivity index (χ0v) is 19.6. The minimum absolute atomic E-state index is 0.0624. The molecule has 1 N–H and O–H groups in total. The van der Waals surface area contributed by atoms with E-state index in [2.05, 4.69) is 30.2 Å². The number of anilines is 2. The van der Waals surface area contributed by atoms with Crippen molar-refractivity contribution in [1.82, 2.24) is 24.8 Å². The van der Waals surface area contributed by atoms with Crippen LogP contribution >= 0.6 is 11.6 Å². The van der Waals surface area contributed by atoms with Gasteiger partial charge < -0.3 is 24.3 Å². The minimum Gasteiger partial charge on any atom is -0.492 e. The lowest BCUT2D eigenvalue weighted by Gasteiger charge is -2.26. The summed E-state index contributed by atoms with van der Waals surface area (Å²) < 4.78 is 22.6. The van der Waals surface area contributed by atoms with Crippen molar-refractivity contribution < 1.29 is 18.9 Å². The molecule has 1 aliphatic rings. The predicted octanol–water partition coefficient (Wildman–Crippen LogP) is 3.32. The van der Waals surface area contributed by atoms with Crippen molar-refractivity contribution >= 4 is 34.1 Å². The highest BCUT2D eigenvalue weighted by Crippen LogP contribution is 2.36. The van der Waals surface area contributed by atoms with E-state index < -0.39 is 0 Å². The van der Waals surface area contributed by atoms with Crippen molar-refractivity contribution in [3.05, 3.63) is 29.7 Å². The second-order valence-electron chi connectivity index (χ2n) is 7.69. The van der Waals surface area contributed by atoms with Crippen molar-refractivity contribution in [2.24, 2.45) is 0 Å². The van der Waals surface area contributed by atoms with Gasteiger partial charge in [-0.1, -0.05) is 11.6 Å². The van der Waals surface area contributed by atoms with Gasteiger partial charge >= 0.3 is 6.01 Å². The van der Waals surface area contributed by atoms with Crippen LogP contribution in [-0.4, -0.2) is 77.5 Å². The third-order valence-corrected chi connectivity index (χ3v) is 5.24. The molecule has 0 saturated carbocycles. The Morgan fingerprint density at radius 3 is 2.73 bits per heavy atom. The summed E-state index contributed by atoms with van der Waals surface area (Å²) in [5.41, 5.74) is 0.671. The zero-order chi connectivity index (χ0) is 23.2. The Kier molecular flexibility index (Phi) is 7.58. The summed E-state index contributed by atoms with van der Waals surface area (Å²) in [6.45, 7) is 8.66. The molecule has 2 aromatic heterocycles. The van der Waals surface area contributed by atoms with Crippen LogP contribution in [0.4, 0.5) is 11.6 Å². The molecule has 1 saturated heterocycles. The van der Waals surface area contributed by atoms with Gasteiger partial charge in [0.05, 0.1) is 43.5 Å². The maximum absolute atomic E-state index is 6.28. The van der Waals surface area contributed by atoms with Crippen LogP contribution in [0.25, 0.3) is 10.9 Å². The van der Waals surface area contributed by atoms with Crippen molar-refractivity contribution in [2.75, 3.05) is 51.9 Å². The molecule has 0 radical (unpaired) electrons. The van der Waals surface area contributed by atoms with Crippen LogP contribution in [0, 0.1) is 0 Å². The molecular formula is C22H27ClN6O4. The van der Waals surface area contributed by atoms with Gasteiger partial charge in [0.25, 0.3) is 0 Å². The number of nitrogens with one attached hydrogen (secondary N) is 1. The molecule has 10 nitrogen and oxygen atoms in total. The summed E-state index contributed by atoms with van der Waals surface area (Å²) in [6.07, 6.45) is 2.87. The molecule has 0 spiro atoms. The fourth-order valence-corrected chi connectivity index (χ4v) is 3.56. The SMILES string of the molecule is COc1ncc(Cl)c(Nc2ncnc3cc(OCCN4CCOCC4)cc(OC(C)C)c23)n1. The smallest absolute Gasteiger partial charge is 0.318 e. The summed E-state index contributed by atoms with van der Waals surface area (Å²) in [6, 6.07) is 3.92. The lowest BCUT2D eigenvalue weighted by molar-refractivity contribution is 0.0322. The number of hydrogen-bond acceptors (Lipinski definition) is 10. The molecular weight excluding hydrogens is 448 g/mol. The average Bonchev–Trinajstić information content (AvgIpc) is 2.81. The van der Waals surface area contributed by atoms with E-state index in [0.29, 0.717) is 45.7 Å². The van der Waals surface area contributed by atoms with E-state index in [4.69, 9.17) is 30.5 Å². The summed E-state index contributed by atoms with van der Waals surface area (Å²) in [5.74, 6) is 2.14. The number of morpholine rings is 1. The Morgan fingerprint density at radius 1 is 1.15 bits per heavy atom. The van der Waals surface area contributed by atoms with Gasteiger partial charge in [-0.25, -0.2) is 15.0 Å². The van der Waals surface area contributed by atoms with Crippen molar-refractivity contribution in [3.8, 4) is 17.5 Å². The molecule has 1 aliphatic heterocycles. The molecule has 176 valence electrons. The van der Waals surface area contributed by atoms with Crippen LogP contribution in [-0.2, 0) is 4.74 Å². The molecule has 0 amide bonds. The fourth-order valence-electron chi connectivity index (χ4n) is 3.42. The Morgan fingerprint density at radius 2 is 1.97 bits per heavy atom. The van der Waals surface area contributed by atoms with E-state index in [1.807, 2.05) is 26.0 Å². The second-order valence-corrected chi connectivity index (χ2v) is 8.09. The van der Waals surface area contributed by atoms with Gasteiger partial charge in [-0.15, -0.1) is 0 Å². The van der Waals surface area contributed by atoms with E-state index >= 15 is 0 Å². The van der Waals surface area contributed by atoms with Gasteiger partial charge in [-0.2, -0.15) is 4.98 Å². The molecule has 3 aromatic rings. The maximum atomic E-state index is 6.28.